The molecule has 0 spiro atoms. The van der Waals surface area contributed by atoms with Gasteiger partial charge in [-0.1, -0.05) is 12.1 Å². The van der Waals surface area contributed by atoms with Crippen LogP contribution in [0.2, 0.25) is 0 Å². The summed E-state index contributed by atoms with van der Waals surface area (Å²) in [5, 5.41) is 2.80. The average Bonchev–Trinajstić information content (AvgIpc) is 3.10. The van der Waals surface area contributed by atoms with Gasteiger partial charge in [-0.15, -0.1) is 0 Å². The van der Waals surface area contributed by atoms with E-state index < -0.39 is 5.92 Å². The summed E-state index contributed by atoms with van der Waals surface area (Å²) in [6, 6.07) is 10.2. The van der Waals surface area contributed by atoms with Crippen molar-refractivity contribution >= 4 is 17.5 Å². The van der Waals surface area contributed by atoms with E-state index in [9.17, 15) is 14.0 Å². The van der Waals surface area contributed by atoms with Crippen LogP contribution in [0.25, 0.3) is 0 Å². The quantitative estimate of drug-likeness (QED) is 0.880. The predicted molar refractivity (Wildman–Crippen MR) is 101 cm³/mol. The van der Waals surface area contributed by atoms with Gasteiger partial charge in [0.2, 0.25) is 11.8 Å². The average molecular weight is 384 g/mol. The number of carbonyl (C=O) groups excluding carboxylic acids is 2. The highest BCUT2D eigenvalue weighted by Gasteiger charge is 2.35. The summed E-state index contributed by atoms with van der Waals surface area (Å²) < 4.78 is 24.7. The maximum absolute atomic E-state index is 13.6. The lowest BCUT2D eigenvalue weighted by molar-refractivity contribution is -0.126. The number of hydrogen-bond acceptors (Lipinski definition) is 4. The number of benzene rings is 2. The smallest absolute Gasteiger partial charge is 0.227 e. The summed E-state index contributed by atoms with van der Waals surface area (Å²) in [4.78, 5) is 26.5. The van der Waals surface area contributed by atoms with Crippen LogP contribution in [0, 0.1) is 18.7 Å². The van der Waals surface area contributed by atoms with Crippen LogP contribution < -0.4 is 19.7 Å². The predicted octanol–water partition coefficient (Wildman–Crippen LogP) is 2.57. The molecule has 1 fully saturated rings. The molecule has 1 N–H and O–H groups in total. The van der Waals surface area contributed by atoms with E-state index in [-0.39, 0.29) is 30.6 Å². The van der Waals surface area contributed by atoms with Crippen molar-refractivity contribution < 1.29 is 23.5 Å². The van der Waals surface area contributed by atoms with Crippen molar-refractivity contribution in [1.82, 2.24) is 5.32 Å². The molecule has 28 heavy (non-hydrogen) atoms. The standard InChI is InChI=1S/C21H21FN2O4/c1-13-2-3-14(8-17(13)22)11-23-21(26)15-9-20(25)24(12-15)16-4-5-18-19(10-16)28-7-6-27-18/h2-5,8,10,15H,6-7,9,11-12H2,1H3,(H,23,26). The maximum atomic E-state index is 13.6. The first kappa shape index (κ1) is 18.3. The number of ether oxygens (including phenoxy) is 2. The fourth-order valence-electron chi connectivity index (χ4n) is 3.41. The van der Waals surface area contributed by atoms with E-state index in [1.807, 2.05) is 0 Å². The van der Waals surface area contributed by atoms with Crippen LogP contribution in [0.1, 0.15) is 17.5 Å². The third kappa shape index (κ3) is 3.65. The van der Waals surface area contributed by atoms with Crippen LogP contribution >= 0.6 is 0 Å². The Hall–Kier alpha value is -3.09. The highest BCUT2D eigenvalue weighted by Crippen LogP contribution is 2.36. The fourth-order valence-corrected chi connectivity index (χ4v) is 3.41. The number of anilines is 1. The van der Waals surface area contributed by atoms with Gasteiger partial charge in [0.15, 0.2) is 11.5 Å². The molecular formula is C21H21FN2O4. The van der Waals surface area contributed by atoms with Gasteiger partial charge in [-0.05, 0) is 36.2 Å². The van der Waals surface area contributed by atoms with Gasteiger partial charge in [-0.3, -0.25) is 9.59 Å². The third-order valence-corrected chi connectivity index (χ3v) is 5.04. The number of carbonyl (C=O) groups is 2. The van der Waals surface area contributed by atoms with Crippen molar-refractivity contribution in [1.29, 1.82) is 0 Å². The number of fused-ring (bicyclic) bond motifs is 1. The lowest BCUT2D eigenvalue weighted by atomic mass is 10.1. The number of hydrogen-bond donors (Lipinski definition) is 1. The monoisotopic (exact) mass is 384 g/mol. The van der Waals surface area contributed by atoms with Crippen molar-refractivity contribution in [3.63, 3.8) is 0 Å². The van der Waals surface area contributed by atoms with Crippen LogP contribution in [-0.4, -0.2) is 31.6 Å². The SMILES string of the molecule is Cc1ccc(CNC(=O)C2CC(=O)N(c3ccc4c(c3)OCCO4)C2)cc1F. The molecular weight excluding hydrogens is 363 g/mol. The van der Waals surface area contributed by atoms with Gasteiger partial charge in [-0.25, -0.2) is 4.39 Å². The second kappa shape index (κ2) is 7.50. The number of amides is 2. The van der Waals surface area contributed by atoms with Crippen molar-refractivity contribution in [2.75, 3.05) is 24.7 Å². The van der Waals surface area contributed by atoms with Gasteiger partial charge < -0.3 is 19.7 Å². The number of nitrogens with one attached hydrogen (secondary N) is 1. The molecule has 2 aliphatic rings. The van der Waals surface area contributed by atoms with E-state index in [0.717, 1.165) is 0 Å². The molecule has 0 aliphatic carbocycles. The molecule has 1 saturated heterocycles. The normalized spacial score (nSPS) is 18.3. The van der Waals surface area contributed by atoms with E-state index in [0.29, 0.717) is 48.1 Å². The van der Waals surface area contributed by atoms with Gasteiger partial charge in [0, 0.05) is 31.3 Å². The molecule has 0 aromatic heterocycles. The zero-order valence-corrected chi connectivity index (χ0v) is 15.5. The van der Waals surface area contributed by atoms with Crippen LogP contribution in [-0.2, 0) is 16.1 Å². The van der Waals surface area contributed by atoms with Crippen LogP contribution in [0.15, 0.2) is 36.4 Å². The molecule has 146 valence electrons. The fraction of sp³-hybridized carbons (Fsp3) is 0.333. The van der Waals surface area contributed by atoms with Gasteiger partial charge in [0.05, 0.1) is 5.92 Å². The Morgan fingerprint density at radius 3 is 2.75 bits per heavy atom. The van der Waals surface area contributed by atoms with Crippen LogP contribution in [0.4, 0.5) is 10.1 Å². The van der Waals surface area contributed by atoms with E-state index in [4.69, 9.17) is 9.47 Å². The van der Waals surface area contributed by atoms with Crippen molar-refractivity contribution in [2.24, 2.45) is 5.92 Å². The maximum Gasteiger partial charge on any atom is 0.227 e. The topological polar surface area (TPSA) is 67.9 Å². The number of aryl methyl sites for hydroxylation is 1. The van der Waals surface area contributed by atoms with Crippen LogP contribution in [0.5, 0.6) is 11.5 Å². The minimum atomic E-state index is -0.448. The Kier molecular flexibility index (Phi) is 4.90. The summed E-state index contributed by atoms with van der Waals surface area (Å²) in [7, 11) is 0. The van der Waals surface area contributed by atoms with Crippen molar-refractivity contribution in [3.8, 4) is 11.5 Å². The lowest BCUT2D eigenvalue weighted by Gasteiger charge is -2.22. The molecule has 0 saturated carbocycles. The van der Waals surface area contributed by atoms with E-state index >= 15 is 0 Å². The zero-order valence-electron chi connectivity index (χ0n) is 15.5. The first-order valence-electron chi connectivity index (χ1n) is 9.24. The first-order valence-corrected chi connectivity index (χ1v) is 9.24. The molecule has 2 aliphatic heterocycles. The molecule has 4 rings (SSSR count). The van der Waals surface area contributed by atoms with E-state index in [2.05, 4.69) is 5.32 Å². The summed E-state index contributed by atoms with van der Waals surface area (Å²) >= 11 is 0. The number of halogens is 1. The van der Waals surface area contributed by atoms with Crippen molar-refractivity contribution in [3.05, 3.63) is 53.3 Å². The minimum absolute atomic E-state index is 0.113. The van der Waals surface area contributed by atoms with Crippen LogP contribution in [0.3, 0.4) is 0 Å². The molecule has 1 atom stereocenters. The molecule has 0 radical (unpaired) electrons. The van der Waals surface area contributed by atoms with Gasteiger partial charge >= 0.3 is 0 Å². The second-order valence-electron chi connectivity index (χ2n) is 7.03. The van der Waals surface area contributed by atoms with Gasteiger partial charge in [-0.2, -0.15) is 0 Å². The Morgan fingerprint density at radius 2 is 1.96 bits per heavy atom. The van der Waals surface area contributed by atoms with Crippen molar-refractivity contribution in [2.45, 2.75) is 19.9 Å². The van der Waals surface area contributed by atoms with E-state index in [1.54, 1.807) is 42.2 Å². The van der Waals surface area contributed by atoms with Gasteiger partial charge in [0.25, 0.3) is 0 Å². The molecule has 6 nitrogen and oxygen atoms in total. The molecule has 2 aromatic carbocycles. The molecule has 1 unspecified atom stereocenters. The minimum Gasteiger partial charge on any atom is -0.486 e. The third-order valence-electron chi connectivity index (χ3n) is 5.04. The van der Waals surface area contributed by atoms with E-state index in [1.165, 1.54) is 6.07 Å². The summed E-state index contributed by atoms with van der Waals surface area (Å²) in [5.41, 5.74) is 1.93. The first-order chi connectivity index (χ1) is 13.5. The lowest BCUT2D eigenvalue weighted by Crippen LogP contribution is -2.32. The Labute approximate surface area is 162 Å². The molecule has 2 aromatic rings. The molecule has 2 amide bonds. The number of rotatable bonds is 4. The Bertz CT molecular complexity index is 931. The zero-order chi connectivity index (χ0) is 19.7. The van der Waals surface area contributed by atoms with Gasteiger partial charge in [0.1, 0.15) is 19.0 Å². The number of nitrogens with zero attached hydrogens (tertiary/aromatic N) is 1. The Morgan fingerprint density at radius 1 is 1.18 bits per heavy atom. The second-order valence-corrected chi connectivity index (χ2v) is 7.03. The summed E-state index contributed by atoms with van der Waals surface area (Å²) in [6.45, 7) is 3.18. The highest BCUT2D eigenvalue weighted by atomic mass is 19.1. The molecule has 2 heterocycles. The largest absolute Gasteiger partial charge is 0.486 e. The summed E-state index contributed by atoms with van der Waals surface area (Å²) in [6.07, 6.45) is 0.141. The Balaban J connectivity index is 1.40. The summed E-state index contributed by atoms with van der Waals surface area (Å²) in [5.74, 6) is 0.184. The molecule has 0 bridgehead atoms. The molecule has 7 heteroatoms. The highest BCUT2D eigenvalue weighted by molar-refractivity contribution is 6.00.